The van der Waals surface area contributed by atoms with Gasteiger partial charge < -0.3 is 0 Å². The van der Waals surface area contributed by atoms with Crippen molar-refractivity contribution < 1.29 is 0 Å². The molecule has 0 atom stereocenters. The summed E-state index contributed by atoms with van der Waals surface area (Å²) in [4.78, 5) is 0. The van der Waals surface area contributed by atoms with Crippen LogP contribution in [-0.4, -0.2) is 19.6 Å². The highest BCUT2D eigenvalue weighted by molar-refractivity contribution is 8.62. The molecule has 0 saturated heterocycles. The largest absolute Gasteiger partial charge is 0.251 e. The maximum Gasteiger partial charge on any atom is 0.154 e. The van der Waals surface area contributed by atoms with Crippen LogP contribution in [0.2, 0.25) is 0 Å². The molecule has 0 aliphatic rings. The molecule has 0 aliphatic carbocycles. The number of rotatable bonds is 3. The molecule has 0 radical (unpaired) electrons. The van der Waals surface area contributed by atoms with Crippen LogP contribution in [0.3, 0.4) is 0 Å². The van der Waals surface area contributed by atoms with Crippen molar-refractivity contribution in [3.63, 3.8) is 0 Å². The van der Waals surface area contributed by atoms with E-state index in [1.165, 1.54) is 5.69 Å². The summed E-state index contributed by atoms with van der Waals surface area (Å²) in [5.41, 5.74) is 1.23. The maximum atomic E-state index is 3.54. The van der Waals surface area contributed by atoms with Crippen molar-refractivity contribution >= 4 is 23.7 Å². The Labute approximate surface area is 79.1 Å². The van der Waals surface area contributed by atoms with E-state index in [0.29, 0.717) is 0 Å². The molecule has 0 saturated carbocycles. The summed E-state index contributed by atoms with van der Waals surface area (Å²) in [6, 6.07) is 10.4. The van der Waals surface area contributed by atoms with Crippen molar-refractivity contribution in [1.29, 1.82) is 0 Å². The highest BCUT2D eigenvalue weighted by atomic mass is 32.7. The standard InChI is InChI=1S/C9H15NPS/c1-11(2,12-3)10-9-7-5-4-6-8-9/h4-8,10H,1-3H3/q+1. The molecule has 0 unspecified atom stereocenters. The highest BCUT2D eigenvalue weighted by Crippen LogP contribution is 2.61. The second-order valence-electron chi connectivity index (χ2n) is 3.01. The Hall–Kier alpha value is -0.200. The van der Waals surface area contributed by atoms with Gasteiger partial charge in [-0.3, -0.25) is 5.09 Å². The lowest BCUT2D eigenvalue weighted by atomic mass is 10.3. The van der Waals surface area contributed by atoms with Crippen LogP contribution in [0.25, 0.3) is 0 Å². The number of anilines is 1. The molecule has 0 amide bonds. The van der Waals surface area contributed by atoms with Gasteiger partial charge in [0.25, 0.3) is 0 Å². The molecule has 0 heterocycles. The second kappa shape index (κ2) is 4.15. The Balaban J connectivity index is 2.64. The summed E-state index contributed by atoms with van der Waals surface area (Å²) in [5, 5.41) is 3.54. The first-order valence-electron chi connectivity index (χ1n) is 3.87. The van der Waals surface area contributed by atoms with Crippen LogP contribution >= 0.6 is 18.0 Å². The van der Waals surface area contributed by atoms with E-state index in [0.717, 1.165) is 0 Å². The molecule has 1 rings (SSSR count). The topological polar surface area (TPSA) is 12.0 Å². The maximum absolute atomic E-state index is 3.54. The number of hydrogen-bond donors (Lipinski definition) is 1. The van der Waals surface area contributed by atoms with E-state index in [2.05, 4.69) is 48.9 Å². The summed E-state index contributed by atoms with van der Waals surface area (Å²) >= 11 is 1.92. The molecule has 66 valence electrons. The molecule has 0 aliphatic heterocycles. The third kappa shape index (κ3) is 3.04. The third-order valence-corrected chi connectivity index (χ3v) is 6.35. The predicted molar refractivity (Wildman–Crippen MR) is 62.3 cm³/mol. The number of nitrogens with one attached hydrogen (secondary N) is 1. The Kier molecular flexibility index (Phi) is 3.42. The van der Waals surface area contributed by atoms with Gasteiger partial charge in [-0.2, -0.15) is 0 Å². The molecule has 1 nitrogen and oxygen atoms in total. The number of hydrogen-bond acceptors (Lipinski definition) is 2. The molecular formula is C9H15NPS+. The second-order valence-corrected chi connectivity index (χ2v) is 10.1. The molecule has 12 heavy (non-hydrogen) atoms. The molecular weight excluding hydrogens is 185 g/mol. The first kappa shape index (κ1) is 9.88. The molecule has 0 bridgehead atoms. The lowest BCUT2D eigenvalue weighted by molar-refractivity contribution is 1.67. The van der Waals surface area contributed by atoms with Gasteiger partial charge in [-0.15, -0.1) is 0 Å². The first-order chi connectivity index (χ1) is 5.64. The van der Waals surface area contributed by atoms with E-state index in [1.807, 2.05) is 17.4 Å². The fourth-order valence-corrected chi connectivity index (χ4v) is 2.32. The first-order valence-corrected chi connectivity index (χ1v) is 8.38. The number of benzene rings is 1. The van der Waals surface area contributed by atoms with Gasteiger partial charge in [0.15, 0.2) is 6.62 Å². The van der Waals surface area contributed by atoms with Crippen LogP contribution in [0.15, 0.2) is 30.3 Å². The van der Waals surface area contributed by atoms with E-state index < -0.39 is 6.62 Å². The molecule has 0 fully saturated rings. The monoisotopic (exact) mass is 200 g/mol. The molecule has 3 heteroatoms. The summed E-state index contributed by atoms with van der Waals surface area (Å²) < 4.78 is 0. The zero-order valence-corrected chi connectivity index (χ0v) is 9.45. The lowest BCUT2D eigenvalue weighted by Gasteiger charge is -2.15. The lowest BCUT2D eigenvalue weighted by Crippen LogP contribution is -1.96. The van der Waals surface area contributed by atoms with Gasteiger partial charge >= 0.3 is 0 Å². The van der Waals surface area contributed by atoms with Crippen molar-refractivity contribution in [3.8, 4) is 0 Å². The normalized spacial score (nSPS) is 11.2. The Bertz CT molecular complexity index is 236. The smallest absolute Gasteiger partial charge is 0.154 e. The summed E-state index contributed by atoms with van der Waals surface area (Å²) in [5.74, 6) is 0. The summed E-state index contributed by atoms with van der Waals surface area (Å²) in [6.07, 6.45) is 2.16. The van der Waals surface area contributed by atoms with Gasteiger partial charge in [0.05, 0.1) is 19.0 Å². The average molecular weight is 200 g/mol. The van der Waals surface area contributed by atoms with Crippen LogP contribution in [0.5, 0.6) is 0 Å². The zero-order valence-electron chi connectivity index (χ0n) is 7.74. The van der Waals surface area contributed by atoms with Crippen LogP contribution in [-0.2, 0) is 0 Å². The SMILES string of the molecule is CS[P+](C)(C)Nc1ccccc1. The van der Waals surface area contributed by atoms with E-state index >= 15 is 0 Å². The average Bonchev–Trinajstić information content (AvgIpc) is 2.06. The minimum Gasteiger partial charge on any atom is -0.251 e. The summed E-state index contributed by atoms with van der Waals surface area (Å²) in [7, 11) is 0. The fourth-order valence-electron chi connectivity index (χ4n) is 0.869. The van der Waals surface area contributed by atoms with E-state index in [1.54, 1.807) is 0 Å². The predicted octanol–water partition coefficient (Wildman–Crippen LogP) is 3.57. The van der Waals surface area contributed by atoms with Crippen LogP contribution < -0.4 is 5.09 Å². The van der Waals surface area contributed by atoms with Crippen LogP contribution in [0.4, 0.5) is 5.69 Å². The quantitative estimate of drug-likeness (QED) is 0.748. The number of para-hydroxylation sites is 1. The van der Waals surface area contributed by atoms with E-state index in [-0.39, 0.29) is 0 Å². The van der Waals surface area contributed by atoms with Crippen molar-refractivity contribution in [3.05, 3.63) is 30.3 Å². The minimum absolute atomic E-state index is 0.979. The van der Waals surface area contributed by atoms with Crippen molar-refractivity contribution in [2.45, 2.75) is 0 Å². The van der Waals surface area contributed by atoms with Crippen LogP contribution in [0, 0.1) is 0 Å². The highest BCUT2D eigenvalue weighted by Gasteiger charge is 2.23. The van der Waals surface area contributed by atoms with Gasteiger partial charge in [-0.25, -0.2) is 0 Å². The van der Waals surface area contributed by atoms with E-state index in [4.69, 9.17) is 0 Å². The van der Waals surface area contributed by atoms with Gasteiger partial charge in [0.1, 0.15) is 0 Å². The Morgan fingerprint density at radius 2 is 1.75 bits per heavy atom. The zero-order chi connectivity index (χ0) is 9.03. The van der Waals surface area contributed by atoms with Gasteiger partial charge in [-0.1, -0.05) is 18.2 Å². The minimum atomic E-state index is -0.979. The molecule has 1 aromatic carbocycles. The van der Waals surface area contributed by atoms with Crippen molar-refractivity contribution in [2.75, 3.05) is 24.7 Å². The Morgan fingerprint density at radius 3 is 2.25 bits per heavy atom. The Morgan fingerprint density at radius 1 is 1.17 bits per heavy atom. The summed E-state index contributed by atoms with van der Waals surface area (Å²) in [6.45, 7) is 3.59. The van der Waals surface area contributed by atoms with Gasteiger partial charge in [0.2, 0.25) is 0 Å². The van der Waals surface area contributed by atoms with Crippen molar-refractivity contribution in [1.82, 2.24) is 0 Å². The third-order valence-electron chi connectivity index (χ3n) is 1.63. The molecule has 1 aromatic rings. The molecule has 0 aromatic heterocycles. The van der Waals surface area contributed by atoms with Gasteiger partial charge in [0, 0.05) is 17.6 Å². The van der Waals surface area contributed by atoms with E-state index in [9.17, 15) is 0 Å². The molecule has 1 N–H and O–H groups in total. The van der Waals surface area contributed by atoms with Gasteiger partial charge in [-0.05, 0) is 12.1 Å². The van der Waals surface area contributed by atoms with Crippen molar-refractivity contribution in [2.24, 2.45) is 0 Å². The fraction of sp³-hybridized carbons (Fsp3) is 0.333. The van der Waals surface area contributed by atoms with Crippen LogP contribution in [0.1, 0.15) is 0 Å². The molecule has 0 spiro atoms.